The third kappa shape index (κ3) is 4.96. The molecule has 0 bridgehead atoms. The quantitative estimate of drug-likeness (QED) is 0.693. The van der Waals surface area contributed by atoms with Crippen LogP contribution in [-0.4, -0.2) is 45.0 Å². The number of thioether (sulfide) groups is 1. The number of carbonyl (C=O) groups is 1. The third-order valence-electron chi connectivity index (χ3n) is 3.76. The van der Waals surface area contributed by atoms with E-state index >= 15 is 0 Å². The Morgan fingerprint density at radius 3 is 2.70 bits per heavy atom. The largest absolute Gasteiger partial charge is 0.355 e. The van der Waals surface area contributed by atoms with Gasteiger partial charge in [-0.3, -0.25) is 4.79 Å². The number of rotatable bonds is 8. The van der Waals surface area contributed by atoms with Crippen LogP contribution in [0, 0.1) is 5.92 Å². The Morgan fingerprint density at radius 1 is 1.39 bits per heavy atom. The fourth-order valence-corrected chi connectivity index (χ4v) is 5.16. The highest BCUT2D eigenvalue weighted by molar-refractivity contribution is 8.01. The Morgan fingerprint density at radius 2 is 2.09 bits per heavy atom. The molecule has 5 nitrogen and oxygen atoms in total. The van der Waals surface area contributed by atoms with E-state index in [1.807, 2.05) is 13.8 Å². The van der Waals surface area contributed by atoms with Crippen molar-refractivity contribution in [2.75, 3.05) is 25.4 Å². The number of sulfone groups is 1. The molecule has 0 spiro atoms. The summed E-state index contributed by atoms with van der Waals surface area (Å²) >= 11 is 1.30. The SMILES string of the molecule is CCCS(=O)(=O)c1ccccc1SC(C)C(=O)NCC1CNC1. The number of hydrogen-bond acceptors (Lipinski definition) is 5. The van der Waals surface area contributed by atoms with Gasteiger partial charge in [0, 0.05) is 30.4 Å². The molecule has 1 unspecified atom stereocenters. The highest BCUT2D eigenvalue weighted by Crippen LogP contribution is 2.30. The molecule has 1 aliphatic heterocycles. The second kappa shape index (κ2) is 8.17. The van der Waals surface area contributed by atoms with Gasteiger partial charge in [0.25, 0.3) is 0 Å². The minimum Gasteiger partial charge on any atom is -0.355 e. The summed E-state index contributed by atoms with van der Waals surface area (Å²) in [7, 11) is -3.29. The maximum absolute atomic E-state index is 12.3. The summed E-state index contributed by atoms with van der Waals surface area (Å²) in [6.07, 6.45) is 0.576. The van der Waals surface area contributed by atoms with Crippen LogP contribution in [0.25, 0.3) is 0 Å². The van der Waals surface area contributed by atoms with Crippen LogP contribution in [0.1, 0.15) is 20.3 Å². The predicted octanol–water partition coefficient (Wildman–Crippen LogP) is 1.69. The van der Waals surface area contributed by atoms with Crippen molar-refractivity contribution in [3.05, 3.63) is 24.3 Å². The van der Waals surface area contributed by atoms with Crippen LogP contribution in [0.4, 0.5) is 0 Å². The standard InChI is InChI=1S/C16H24N2O3S2/c1-3-8-23(20,21)15-7-5-4-6-14(15)22-12(2)16(19)18-11-13-9-17-10-13/h4-7,12-13,17H,3,8-11H2,1-2H3,(H,18,19). The minimum absolute atomic E-state index is 0.0513. The highest BCUT2D eigenvalue weighted by Gasteiger charge is 2.23. The van der Waals surface area contributed by atoms with Gasteiger partial charge in [-0.1, -0.05) is 19.1 Å². The Labute approximate surface area is 142 Å². The predicted molar refractivity (Wildman–Crippen MR) is 93.5 cm³/mol. The monoisotopic (exact) mass is 356 g/mol. The van der Waals surface area contributed by atoms with Crippen molar-refractivity contribution in [1.82, 2.24) is 10.6 Å². The maximum Gasteiger partial charge on any atom is 0.233 e. The normalized spacial score (nSPS) is 16.6. The van der Waals surface area contributed by atoms with E-state index in [1.54, 1.807) is 24.3 Å². The Bertz CT molecular complexity index is 642. The van der Waals surface area contributed by atoms with Gasteiger partial charge < -0.3 is 10.6 Å². The van der Waals surface area contributed by atoms with Gasteiger partial charge >= 0.3 is 0 Å². The van der Waals surface area contributed by atoms with Crippen molar-refractivity contribution in [2.45, 2.75) is 35.3 Å². The van der Waals surface area contributed by atoms with Crippen LogP contribution in [0.15, 0.2) is 34.1 Å². The summed E-state index contributed by atoms with van der Waals surface area (Å²) in [5.74, 6) is 0.581. The summed E-state index contributed by atoms with van der Waals surface area (Å²) < 4.78 is 24.7. The molecule has 1 atom stereocenters. The zero-order valence-electron chi connectivity index (χ0n) is 13.5. The van der Waals surface area contributed by atoms with Crippen molar-refractivity contribution in [3.63, 3.8) is 0 Å². The van der Waals surface area contributed by atoms with E-state index in [2.05, 4.69) is 10.6 Å². The first-order valence-electron chi connectivity index (χ1n) is 7.91. The van der Waals surface area contributed by atoms with Gasteiger partial charge in [0.2, 0.25) is 5.91 Å². The zero-order valence-corrected chi connectivity index (χ0v) is 15.2. The second-order valence-electron chi connectivity index (χ2n) is 5.80. The fourth-order valence-electron chi connectivity index (χ4n) is 2.31. The minimum atomic E-state index is -3.29. The summed E-state index contributed by atoms with van der Waals surface area (Å²) in [5.41, 5.74) is 0. The molecule has 1 amide bonds. The second-order valence-corrected chi connectivity index (χ2v) is 9.26. The van der Waals surface area contributed by atoms with Crippen molar-refractivity contribution in [3.8, 4) is 0 Å². The van der Waals surface area contributed by atoms with Gasteiger partial charge in [0.1, 0.15) is 0 Å². The van der Waals surface area contributed by atoms with Crippen molar-refractivity contribution in [2.24, 2.45) is 5.92 Å². The van der Waals surface area contributed by atoms with Crippen molar-refractivity contribution >= 4 is 27.5 Å². The van der Waals surface area contributed by atoms with Crippen LogP contribution in [0.3, 0.4) is 0 Å². The first kappa shape index (κ1) is 18.3. The molecule has 2 rings (SSSR count). The molecular formula is C16H24N2O3S2. The van der Waals surface area contributed by atoms with E-state index in [1.165, 1.54) is 11.8 Å². The molecule has 0 saturated carbocycles. The van der Waals surface area contributed by atoms with E-state index in [0.717, 1.165) is 13.1 Å². The molecule has 1 aliphatic rings. The molecule has 0 aromatic heterocycles. The Kier molecular flexibility index (Phi) is 6.50. The molecule has 128 valence electrons. The van der Waals surface area contributed by atoms with E-state index in [9.17, 15) is 13.2 Å². The van der Waals surface area contributed by atoms with Crippen molar-refractivity contribution in [1.29, 1.82) is 0 Å². The Hall–Kier alpha value is -1.05. The summed E-state index contributed by atoms with van der Waals surface area (Å²) in [4.78, 5) is 13.2. The molecule has 1 aromatic carbocycles. The summed E-state index contributed by atoms with van der Waals surface area (Å²) in [6.45, 7) is 6.22. The van der Waals surface area contributed by atoms with E-state index in [0.29, 0.717) is 28.7 Å². The average Bonchev–Trinajstić information content (AvgIpc) is 2.45. The molecule has 2 N–H and O–H groups in total. The molecule has 1 aromatic rings. The molecule has 23 heavy (non-hydrogen) atoms. The van der Waals surface area contributed by atoms with Crippen molar-refractivity contribution < 1.29 is 13.2 Å². The lowest BCUT2D eigenvalue weighted by Crippen LogP contribution is -2.49. The van der Waals surface area contributed by atoms with Crippen LogP contribution in [-0.2, 0) is 14.6 Å². The molecule has 1 heterocycles. The van der Waals surface area contributed by atoms with Crippen LogP contribution < -0.4 is 10.6 Å². The number of benzene rings is 1. The molecule has 7 heteroatoms. The molecular weight excluding hydrogens is 332 g/mol. The fraction of sp³-hybridized carbons (Fsp3) is 0.562. The smallest absolute Gasteiger partial charge is 0.233 e. The molecule has 1 saturated heterocycles. The number of carbonyl (C=O) groups excluding carboxylic acids is 1. The van der Waals surface area contributed by atoms with E-state index < -0.39 is 9.84 Å². The lowest BCUT2D eigenvalue weighted by atomic mass is 10.0. The van der Waals surface area contributed by atoms with E-state index in [4.69, 9.17) is 0 Å². The Balaban J connectivity index is 2.02. The van der Waals surface area contributed by atoms with Gasteiger partial charge in [-0.25, -0.2) is 8.42 Å². The van der Waals surface area contributed by atoms with Gasteiger partial charge in [-0.15, -0.1) is 11.8 Å². The lowest BCUT2D eigenvalue weighted by molar-refractivity contribution is -0.120. The highest BCUT2D eigenvalue weighted by atomic mass is 32.2. The zero-order chi connectivity index (χ0) is 16.9. The summed E-state index contributed by atoms with van der Waals surface area (Å²) in [6, 6.07) is 6.92. The van der Waals surface area contributed by atoms with Gasteiger partial charge in [0.15, 0.2) is 9.84 Å². The van der Waals surface area contributed by atoms with Gasteiger partial charge in [-0.05, 0) is 25.5 Å². The maximum atomic E-state index is 12.3. The van der Waals surface area contributed by atoms with Gasteiger partial charge in [0.05, 0.1) is 15.9 Å². The number of amides is 1. The van der Waals surface area contributed by atoms with Crippen LogP contribution in [0.5, 0.6) is 0 Å². The third-order valence-corrected chi connectivity index (χ3v) is 7.04. The average molecular weight is 357 g/mol. The summed E-state index contributed by atoms with van der Waals surface area (Å²) in [5, 5.41) is 5.77. The molecule has 0 aliphatic carbocycles. The molecule has 1 fully saturated rings. The van der Waals surface area contributed by atoms with Crippen LogP contribution >= 0.6 is 11.8 Å². The first-order chi connectivity index (χ1) is 10.9. The van der Waals surface area contributed by atoms with Crippen LogP contribution in [0.2, 0.25) is 0 Å². The molecule has 0 radical (unpaired) electrons. The van der Waals surface area contributed by atoms with Gasteiger partial charge in [-0.2, -0.15) is 0 Å². The lowest BCUT2D eigenvalue weighted by Gasteiger charge is -2.27. The van der Waals surface area contributed by atoms with E-state index in [-0.39, 0.29) is 16.9 Å². The number of hydrogen-bond donors (Lipinski definition) is 2. The topological polar surface area (TPSA) is 75.3 Å². The first-order valence-corrected chi connectivity index (χ1v) is 10.4. The number of nitrogens with one attached hydrogen (secondary N) is 2.